The Bertz CT molecular complexity index is 191. The molecule has 12 heavy (non-hydrogen) atoms. The predicted octanol–water partition coefficient (Wildman–Crippen LogP) is 2.18. The molecule has 1 fully saturated rings. The molecule has 0 atom stereocenters. The summed E-state index contributed by atoms with van der Waals surface area (Å²) in [5.74, 6) is 6.89. The van der Waals surface area contributed by atoms with Gasteiger partial charge in [0.15, 0.2) is 0 Å². The average Bonchev–Trinajstić information content (AvgIpc) is 2.80. The van der Waals surface area contributed by atoms with Crippen LogP contribution in [0.25, 0.3) is 0 Å². The Morgan fingerprint density at radius 2 is 2.08 bits per heavy atom. The fraction of sp³-hybridized carbons (Fsp3) is 0.818. The van der Waals surface area contributed by atoms with Crippen molar-refractivity contribution in [2.24, 2.45) is 5.92 Å². The van der Waals surface area contributed by atoms with E-state index in [0.29, 0.717) is 5.54 Å². The van der Waals surface area contributed by atoms with Crippen LogP contribution in [-0.4, -0.2) is 12.1 Å². The summed E-state index contributed by atoms with van der Waals surface area (Å²) in [6.07, 6.45) is 3.78. The highest BCUT2D eigenvalue weighted by Crippen LogP contribution is 2.38. The van der Waals surface area contributed by atoms with E-state index in [1.165, 1.54) is 12.8 Å². The van der Waals surface area contributed by atoms with Crippen molar-refractivity contribution in [2.75, 3.05) is 6.54 Å². The highest BCUT2D eigenvalue weighted by molar-refractivity contribution is 4.98. The van der Waals surface area contributed by atoms with Crippen LogP contribution in [-0.2, 0) is 0 Å². The Hall–Kier alpha value is -0.480. The van der Waals surface area contributed by atoms with Gasteiger partial charge in [-0.25, -0.2) is 0 Å². The second-order valence-corrected chi connectivity index (χ2v) is 4.10. The maximum Gasteiger partial charge on any atom is 0.0214 e. The van der Waals surface area contributed by atoms with Gasteiger partial charge >= 0.3 is 0 Å². The lowest BCUT2D eigenvalue weighted by molar-refractivity contribution is 0.346. The minimum atomic E-state index is 0.343. The molecule has 0 saturated heterocycles. The molecule has 1 heteroatoms. The van der Waals surface area contributed by atoms with Crippen LogP contribution in [0.4, 0.5) is 0 Å². The van der Waals surface area contributed by atoms with Crippen molar-refractivity contribution in [1.29, 1.82) is 0 Å². The van der Waals surface area contributed by atoms with Gasteiger partial charge in [-0.3, -0.25) is 0 Å². The van der Waals surface area contributed by atoms with Crippen LogP contribution in [0.5, 0.6) is 0 Å². The fourth-order valence-electron chi connectivity index (χ4n) is 1.52. The third-order valence-corrected chi connectivity index (χ3v) is 2.61. The van der Waals surface area contributed by atoms with E-state index in [4.69, 9.17) is 0 Å². The average molecular weight is 165 g/mol. The summed E-state index contributed by atoms with van der Waals surface area (Å²) < 4.78 is 0. The highest BCUT2D eigenvalue weighted by Gasteiger charge is 2.36. The number of hydrogen-bond acceptors (Lipinski definition) is 1. The molecule has 1 N–H and O–H groups in total. The molecule has 1 aliphatic rings. The van der Waals surface area contributed by atoms with E-state index in [2.05, 4.69) is 31.0 Å². The molecule has 0 aliphatic heterocycles. The van der Waals surface area contributed by atoms with Crippen molar-refractivity contribution >= 4 is 0 Å². The van der Waals surface area contributed by atoms with E-state index < -0.39 is 0 Å². The van der Waals surface area contributed by atoms with Gasteiger partial charge in [-0.05, 0) is 39.5 Å². The van der Waals surface area contributed by atoms with Crippen LogP contribution in [0.1, 0.15) is 40.0 Å². The van der Waals surface area contributed by atoms with Crippen LogP contribution in [0.15, 0.2) is 0 Å². The van der Waals surface area contributed by atoms with Gasteiger partial charge in [0.05, 0.1) is 0 Å². The quantitative estimate of drug-likeness (QED) is 0.497. The van der Waals surface area contributed by atoms with Crippen LogP contribution in [0.2, 0.25) is 0 Å². The third kappa shape index (κ3) is 2.87. The molecule has 1 rings (SSSR count). The number of hydrogen-bond donors (Lipinski definition) is 1. The topological polar surface area (TPSA) is 12.0 Å². The summed E-state index contributed by atoms with van der Waals surface area (Å²) in [6.45, 7) is 7.52. The Labute approximate surface area is 75.9 Å². The second-order valence-electron chi connectivity index (χ2n) is 4.10. The number of rotatable bonds is 4. The lowest BCUT2D eigenvalue weighted by Crippen LogP contribution is -2.41. The molecular weight excluding hydrogens is 146 g/mol. The lowest BCUT2D eigenvalue weighted by Gasteiger charge is -2.25. The Morgan fingerprint density at radius 3 is 2.58 bits per heavy atom. The third-order valence-electron chi connectivity index (χ3n) is 2.61. The van der Waals surface area contributed by atoms with Crippen molar-refractivity contribution in [3.8, 4) is 11.8 Å². The molecule has 0 heterocycles. The molecule has 0 unspecified atom stereocenters. The van der Waals surface area contributed by atoms with Crippen molar-refractivity contribution in [3.05, 3.63) is 0 Å². The van der Waals surface area contributed by atoms with Gasteiger partial charge in [0.25, 0.3) is 0 Å². The second kappa shape index (κ2) is 3.96. The minimum absolute atomic E-state index is 0.343. The molecule has 0 radical (unpaired) electrons. The monoisotopic (exact) mass is 165 g/mol. The summed E-state index contributed by atoms with van der Waals surface area (Å²) in [4.78, 5) is 0. The van der Waals surface area contributed by atoms with Crippen LogP contribution >= 0.6 is 0 Å². The van der Waals surface area contributed by atoms with E-state index in [0.717, 1.165) is 18.9 Å². The zero-order valence-corrected chi connectivity index (χ0v) is 8.41. The zero-order valence-electron chi connectivity index (χ0n) is 8.41. The van der Waals surface area contributed by atoms with Gasteiger partial charge in [-0.15, -0.1) is 11.8 Å². The van der Waals surface area contributed by atoms with Gasteiger partial charge in [-0.1, -0.05) is 0 Å². The van der Waals surface area contributed by atoms with Gasteiger partial charge < -0.3 is 5.32 Å². The first-order valence-electron chi connectivity index (χ1n) is 4.81. The Kier molecular flexibility index (Phi) is 3.17. The van der Waals surface area contributed by atoms with Gasteiger partial charge in [0.2, 0.25) is 0 Å². The smallest absolute Gasteiger partial charge is 0.0214 e. The van der Waals surface area contributed by atoms with Crippen LogP contribution in [0, 0.1) is 17.8 Å². The maximum absolute atomic E-state index is 3.55. The van der Waals surface area contributed by atoms with Crippen molar-refractivity contribution in [2.45, 2.75) is 45.6 Å². The van der Waals surface area contributed by atoms with E-state index in [9.17, 15) is 0 Å². The summed E-state index contributed by atoms with van der Waals surface area (Å²) in [5, 5.41) is 3.55. The molecule has 1 nitrogen and oxygen atoms in total. The molecule has 0 bridgehead atoms. The largest absolute Gasteiger partial charge is 0.311 e. The first kappa shape index (κ1) is 9.61. The SMILES string of the molecule is CC#CCCNC(C)(C)C1CC1. The van der Waals surface area contributed by atoms with Gasteiger partial charge in [0, 0.05) is 18.5 Å². The van der Waals surface area contributed by atoms with E-state index in [1.807, 2.05) is 6.92 Å². The van der Waals surface area contributed by atoms with E-state index >= 15 is 0 Å². The molecule has 0 aromatic rings. The minimum Gasteiger partial charge on any atom is -0.311 e. The summed E-state index contributed by atoms with van der Waals surface area (Å²) in [7, 11) is 0. The predicted molar refractivity (Wildman–Crippen MR) is 52.9 cm³/mol. The van der Waals surface area contributed by atoms with Crippen LogP contribution < -0.4 is 5.32 Å². The van der Waals surface area contributed by atoms with Crippen molar-refractivity contribution < 1.29 is 0 Å². The zero-order chi connectivity index (χ0) is 9.03. The van der Waals surface area contributed by atoms with Crippen molar-refractivity contribution in [3.63, 3.8) is 0 Å². The molecule has 1 saturated carbocycles. The van der Waals surface area contributed by atoms with Crippen molar-refractivity contribution in [1.82, 2.24) is 5.32 Å². The van der Waals surface area contributed by atoms with E-state index in [-0.39, 0.29) is 0 Å². The van der Waals surface area contributed by atoms with Crippen LogP contribution in [0.3, 0.4) is 0 Å². The summed E-state index contributed by atoms with van der Waals surface area (Å²) >= 11 is 0. The molecule has 1 aliphatic carbocycles. The fourth-order valence-corrected chi connectivity index (χ4v) is 1.52. The molecule has 68 valence electrons. The summed E-state index contributed by atoms with van der Waals surface area (Å²) in [5.41, 5.74) is 0.343. The molecule has 0 spiro atoms. The normalized spacial score (nSPS) is 16.9. The Morgan fingerprint density at radius 1 is 1.42 bits per heavy atom. The standard InChI is InChI=1S/C11H19N/c1-4-5-6-9-12-11(2,3)10-7-8-10/h10,12H,6-9H2,1-3H3. The number of nitrogens with one attached hydrogen (secondary N) is 1. The highest BCUT2D eigenvalue weighted by atomic mass is 15.0. The molecule has 0 aromatic heterocycles. The molecule has 0 aromatic carbocycles. The molecular formula is C11H19N. The first-order valence-corrected chi connectivity index (χ1v) is 4.81. The molecule has 0 amide bonds. The summed E-state index contributed by atoms with van der Waals surface area (Å²) in [6, 6.07) is 0. The van der Waals surface area contributed by atoms with Gasteiger partial charge in [-0.2, -0.15) is 0 Å². The lowest BCUT2D eigenvalue weighted by atomic mass is 9.99. The Balaban J connectivity index is 2.14. The van der Waals surface area contributed by atoms with E-state index in [1.54, 1.807) is 0 Å². The van der Waals surface area contributed by atoms with Gasteiger partial charge in [0.1, 0.15) is 0 Å². The first-order chi connectivity index (χ1) is 5.67. The maximum atomic E-state index is 3.55.